The van der Waals surface area contributed by atoms with E-state index in [2.05, 4.69) is 66.7 Å². The lowest BCUT2D eigenvalue weighted by molar-refractivity contribution is 1.52. The number of nitriles is 1. The summed E-state index contributed by atoms with van der Waals surface area (Å²) in [6.07, 6.45) is 1.63. The minimum atomic E-state index is 0.953. The Kier molecular flexibility index (Phi) is 3.57. The summed E-state index contributed by atoms with van der Waals surface area (Å²) in [6.45, 7) is 0. The molecular formula is C23H15N. The van der Waals surface area contributed by atoms with Crippen molar-refractivity contribution in [3.63, 3.8) is 0 Å². The fraction of sp³-hybridized carbons (Fsp3) is 0. The van der Waals surface area contributed by atoms with Gasteiger partial charge in [0, 0.05) is 6.08 Å². The van der Waals surface area contributed by atoms with Gasteiger partial charge >= 0.3 is 0 Å². The molecule has 0 N–H and O–H groups in total. The highest BCUT2D eigenvalue weighted by Crippen LogP contribution is 2.28. The van der Waals surface area contributed by atoms with E-state index in [1.165, 1.54) is 21.5 Å². The molecule has 0 aliphatic carbocycles. The Hall–Kier alpha value is -3.37. The van der Waals surface area contributed by atoms with Gasteiger partial charge < -0.3 is 0 Å². The second kappa shape index (κ2) is 6.02. The maximum absolute atomic E-state index is 9.26. The maximum atomic E-state index is 9.26. The van der Waals surface area contributed by atoms with Gasteiger partial charge in [-0.3, -0.25) is 0 Å². The summed E-state index contributed by atoms with van der Waals surface area (Å²) in [5, 5.41) is 14.0. The van der Waals surface area contributed by atoms with E-state index >= 15 is 0 Å². The average Bonchev–Trinajstić information content (AvgIpc) is 2.65. The first-order valence-electron chi connectivity index (χ1n) is 7.93. The Bertz CT molecular complexity index is 1030. The van der Waals surface area contributed by atoms with Gasteiger partial charge in [-0.05, 0) is 50.4 Å². The van der Waals surface area contributed by atoms with Crippen LogP contribution in [0.3, 0.4) is 0 Å². The van der Waals surface area contributed by atoms with Crippen molar-refractivity contribution in [1.82, 2.24) is 0 Å². The van der Waals surface area contributed by atoms with Crippen LogP contribution in [0.4, 0.5) is 0 Å². The summed E-state index contributed by atoms with van der Waals surface area (Å²) in [7, 11) is 0. The van der Waals surface area contributed by atoms with Gasteiger partial charge in [-0.15, -0.1) is 0 Å². The van der Waals surface area contributed by atoms with Crippen molar-refractivity contribution in [2.75, 3.05) is 0 Å². The number of benzene rings is 4. The Morgan fingerprint density at radius 3 is 1.54 bits per heavy atom. The largest absolute Gasteiger partial charge is 0.193 e. The molecule has 0 aromatic heterocycles. The first-order chi connectivity index (χ1) is 11.8. The quantitative estimate of drug-likeness (QED) is 0.420. The molecule has 0 aliphatic rings. The summed E-state index contributed by atoms with van der Waals surface area (Å²) in [5.41, 5.74) is 3.07. The molecule has 4 rings (SSSR count). The summed E-state index contributed by atoms with van der Waals surface area (Å²) in [6, 6.07) is 31.4. The molecular weight excluding hydrogens is 290 g/mol. The van der Waals surface area contributed by atoms with Gasteiger partial charge in [-0.2, -0.15) is 5.26 Å². The van der Waals surface area contributed by atoms with Crippen LogP contribution in [0.5, 0.6) is 0 Å². The topological polar surface area (TPSA) is 23.8 Å². The summed E-state index contributed by atoms with van der Waals surface area (Å²) in [4.78, 5) is 0. The van der Waals surface area contributed by atoms with Gasteiger partial charge in [-0.1, -0.05) is 72.8 Å². The van der Waals surface area contributed by atoms with E-state index in [1.54, 1.807) is 6.08 Å². The summed E-state index contributed by atoms with van der Waals surface area (Å²) < 4.78 is 0. The van der Waals surface area contributed by atoms with E-state index in [0.29, 0.717) is 0 Å². The van der Waals surface area contributed by atoms with Crippen molar-refractivity contribution in [1.29, 1.82) is 5.26 Å². The van der Waals surface area contributed by atoms with Gasteiger partial charge in [-0.25, -0.2) is 0 Å². The number of allylic oxidation sites excluding steroid dienone is 1. The Labute approximate surface area is 141 Å². The lowest BCUT2D eigenvalue weighted by Crippen LogP contribution is -1.89. The zero-order valence-corrected chi connectivity index (χ0v) is 13.1. The monoisotopic (exact) mass is 305 g/mol. The van der Waals surface area contributed by atoms with Crippen LogP contribution in [0.25, 0.3) is 27.1 Å². The minimum absolute atomic E-state index is 0.953. The molecule has 24 heavy (non-hydrogen) atoms. The Morgan fingerprint density at radius 1 is 0.625 bits per heavy atom. The smallest absolute Gasteiger partial charge is 0.0918 e. The predicted molar refractivity (Wildman–Crippen MR) is 101 cm³/mol. The van der Waals surface area contributed by atoms with Crippen molar-refractivity contribution in [3.05, 3.63) is 102 Å². The molecule has 0 bridgehead atoms. The van der Waals surface area contributed by atoms with Gasteiger partial charge in [0.15, 0.2) is 0 Å². The first kappa shape index (κ1) is 14.2. The zero-order valence-electron chi connectivity index (χ0n) is 13.1. The fourth-order valence-electron chi connectivity index (χ4n) is 3.11. The van der Waals surface area contributed by atoms with Crippen LogP contribution in [0.2, 0.25) is 0 Å². The molecule has 0 fully saturated rings. The number of hydrogen-bond donors (Lipinski definition) is 0. The first-order valence-corrected chi connectivity index (χ1v) is 7.93. The van der Waals surface area contributed by atoms with Gasteiger partial charge in [0.05, 0.1) is 6.07 Å². The van der Waals surface area contributed by atoms with E-state index in [1.807, 2.05) is 24.3 Å². The third-order valence-electron chi connectivity index (χ3n) is 4.33. The van der Waals surface area contributed by atoms with E-state index < -0.39 is 0 Å². The third kappa shape index (κ3) is 2.55. The van der Waals surface area contributed by atoms with Crippen LogP contribution in [0.1, 0.15) is 11.1 Å². The molecule has 0 amide bonds. The molecule has 0 atom stereocenters. The lowest BCUT2D eigenvalue weighted by Gasteiger charge is -2.10. The fourth-order valence-corrected chi connectivity index (χ4v) is 3.11. The van der Waals surface area contributed by atoms with Crippen molar-refractivity contribution < 1.29 is 0 Å². The number of rotatable bonds is 2. The van der Waals surface area contributed by atoms with Crippen LogP contribution in [-0.2, 0) is 0 Å². The summed E-state index contributed by atoms with van der Waals surface area (Å²) >= 11 is 0. The van der Waals surface area contributed by atoms with E-state index in [9.17, 15) is 5.26 Å². The Morgan fingerprint density at radius 2 is 1.08 bits per heavy atom. The zero-order chi connectivity index (χ0) is 16.4. The van der Waals surface area contributed by atoms with Crippen molar-refractivity contribution in [3.8, 4) is 6.07 Å². The maximum Gasteiger partial charge on any atom is 0.0918 e. The third-order valence-corrected chi connectivity index (χ3v) is 4.33. The molecule has 0 heterocycles. The molecule has 0 saturated carbocycles. The second-order valence-corrected chi connectivity index (χ2v) is 5.81. The lowest BCUT2D eigenvalue weighted by atomic mass is 9.94. The van der Waals surface area contributed by atoms with Crippen molar-refractivity contribution >= 4 is 27.1 Å². The average molecular weight is 305 g/mol. The standard InChI is InChI=1S/C23H15N/c24-14-13-23(21-11-9-17-5-1-3-7-19(17)15-21)22-12-10-18-6-2-4-8-20(18)16-22/h1-13,15-16H. The molecule has 0 aliphatic heterocycles. The van der Waals surface area contributed by atoms with Gasteiger partial charge in [0.2, 0.25) is 0 Å². The predicted octanol–water partition coefficient (Wildman–Crippen LogP) is 5.95. The molecule has 4 aromatic rings. The van der Waals surface area contributed by atoms with E-state index in [-0.39, 0.29) is 0 Å². The molecule has 1 nitrogen and oxygen atoms in total. The highest BCUT2D eigenvalue weighted by Gasteiger charge is 2.07. The molecule has 0 radical (unpaired) electrons. The molecule has 0 spiro atoms. The van der Waals surface area contributed by atoms with Crippen LogP contribution in [-0.4, -0.2) is 0 Å². The number of fused-ring (bicyclic) bond motifs is 2. The SMILES string of the molecule is N#CC=C(c1ccc2ccccc2c1)c1ccc2ccccc2c1. The molecule has 1 heteroatoms. The van der Waals surface area contributed by atoms with Crippen LogP contribution >= 0.6 is 0 Å². The second-order valence-electron chi connectivity index (χ2n) is 5.81. The molecule has 112 valence electrons. The molecule has 0 unspecified atom stereocenters. The van der Waals surface area contributed by atoms with Crippen molar-refractivity contribution in [2.24, 2.45) is 0 Å². The van der Waals surface area contributed by atoms with Crippen LogP contribution in [0, 0.1) is 11.3 Å². The summed E-state index contributed by atoms with van der Waals surface area (Å²) in [5.74, 6) is 0. The highest BCUT2D eigenvalue weighted by atomic mass is 14.2. The Balaban J connectivity index is 1.89. The number of nitrogens with zero attached hydrogens (tertiary/aromatic N) is 1. The molecule has 0 saturated heterocycles. The van der Waals surface area contributed by atoms with E-state index in [4.69, 9.17) is 0 Å². The molecule has 4 aromatic carbocycles. The van der Waals surface area contributed by atoms with Crippen LogP contribution < -0.4 is 0 Å². The van der Waals surface area contributed by atoms with E-state index in [0.717, 1.165) is 16.7 Å². The van der Waals surface area contributed by atoms with Gasteiger partial charge in [0.25, 0.3) is 0 Å². The van der Waals surface area contributed by atoms with Crippen LogP contribution in [0.15, 0.2) is 91.0 Å². The van der Waals surface area contributed by atoms with Crippen molar-refractivity contribution in [2.45, 2.75) is 0 Å². The number of hydrogen-bond acceptors (Lipinski definition) is 1. The highest BCUT2D eigenvalue weighted by molar-refractivity contribution is 5.93. The van der Waals surface area contributed by atoms with Gasteiger partial charge in [0.1, 0.15) is 0 Å². The minimum Gasteiger partial charge on any atom is -0.193 e. The normalized spacial score (nSPS) is 10.5.